The van der Waals surface area contributed by atoms with Crippen molar-refractivity contribution in [3.63, 3.8) is 0 Å². The van der Waals surface area contributed by atoms with Crippen LogP contribution in [0, 0.1) is 16.7 Å². The van der Waals surface area contributed by atoms with Gasteiger partial charge in [0.15, 0.2) is 0 Å². The van der Waals surface area contributed by atoms with Crippen LogP contribution < -0.4 is 0 Å². The third-order valence-electron chi connectivity index (χ3n) is 5.36. The molecule has 82 valence electrons. The summed E-state index contributed by atoms with van der Waals surface area (Å²) in [5.74, 6) is 0.664. The summed E-state index contributed by atoms with van der Waals surface area (Å²) in [6.07, 6.45) is 2.32. The Bertz CT molecular complexity index is 249. The average Bonchev–Trinajstić information content (AvgIpc) is 2.35. The zero-order valence-corrected chi connectivity index (χ0v) is 10.0. The van der Waals surface area contributed by atoms with Gasteiger partial charge in [0.2, 0.25) is 0 Å². The Morgan fingerprint density at radius 1 is 1.21 bits per heavy atom. The minimum absolute atomic E-state index is 0.132. The van der Waals surface area contributed by atoms with E-state index in [1.165, 1.54) is 12.8 Å². The Morgan fingerprint density at radius 3 is 2.07 bits per heavy atom. The second-order valence-corrected chi connectivity index (χ2v) is 6.18. The molecular formula is C12H23NO. The Balaban J connectivity index is 2.39. The highest BCUT2D eigenvalue weighted by Gasteiger charge is 2.66. The van der Waals surface area contributed by atoms with Crippen LogP contribution in [0.15, 0.2) is 0 Å². The lowest BCUT2D eigenvalue weighted by Crippen LogP contribution is -2.46. The van der Waals surface area contributed by atoms with Crippen LogP contribution in [0.2, 0.25) is 0 Å². The van der Waals surface area contributed by atoms with Crippen LogP contribution in [0.1, 0.15) is 33.6 Å². The summed E-state index contributed by atoms with van der Waals surface area (Å²) in [6.45, 7) is 6.93. The molecule has 2 bridgehead atoms. The molecular weight excluding hydrogens is 174 g/mol. The molecule has 2 aliphatic rings. The fraction of sp³-hybridized carbons (Fsp3) is 1.00. The normalized spacial score (nSPS) is 50.4. The molecule has 0 amide bonds. The van der Waals surface area contributed by atoms with E-state index in [9.17, 15) is 5.11 Å². The van der Waals surface area contributed by atoms with Crippen molar-refractivity contribution in [2.24, 2.45) is 16.7 Å². The second kappa shape index (κ2) is 2.73. The van der Waals surface area contributed by atoms with Gasteiger partial charge in [-0.15, -0.1) is 0 Å². The smallest absolute Gasteiger partial charge is 0.0756 e. The number of aliphatic hydroxyl groups is 1. The van der Waals surface area contributed by atoms with Crippen molar-refractivity contribution in [3.05, 3.63) is 0 Å². The monoisotopic (exact) mass is 197 g/mol. The average molecular weight is 197 g/mol. The van der Waals surface area contributed by atoms with Crippen LogP contribution in [-0.2, 0) is 0 Å². The highest BCUT2D eigenvalue weighted by atomic mass is 16.3. The van der Waals surface area contributed by atoms with Crippen LogP contribution in [0.4, 0.5) is 0 Å². The molecule has 2 saturated carbocycles. The molecule has 2 unspecified atom stereocenters. The first-order valence-electron chi connectivity index (χ1n) is 5.67. The SMILES string of the molecule is CN(C)[C@H]1C2CCC(C)([C@H]1O)C2(C)C. The van der Waals surface area contributed by atoms with Gasteiger partial charge in [0.25, 0.3) is 0 Å². The van der Waals surface area contributed by atoms with Gasteiger partial charge in [-0.1, -0.05) is 20.8 Å². The molecule has 0 aromatic heterocycles. The number of hydrogen-bond acceptors (Lipinski definition) is 2. The van der Waals surface area contributed by atoms with E-state index in [0.29, 0.717) is 17.4 Å². The zero-order chi connectivity index (χ0) is 10.7. The summed E-state index contributed by atoms with van der Waals surface area (Å²) in [4.78, 5) is 2.21. The molecule has 0 spiro atoms. The van der Waals surface area contributed by atoms with Crippen molar-refractivity contribution < 1.29 is 5.11 Å². The Hall–Kier alpha value is -0.0800. The Kier molecular flexibility index (Phi) is 2.04. The zero-order valence-electron chi connectivity index (χ0n) is 10.0. The molecule has 0 saturated heterocycles. The van der Waals surface area contributed by atoms with Crippen LogP contribution in [0.3, 0.4) is 0 Å². The molecule has 2 heteroatoms. The minimum atomic E-state index is -0.147. The van der Waals surface area contributed by atoms with Gasteiger partial charge in [-0.25, -0.2) is 0 Å². The molecule has 2 nitrogen and oxygen atoms in total. The lowest BCUT2D eigenvalue weighted by atomic mass is 9.70. The van der Waals surface area contributed by atoms with E-state index in [4.69, 9.17) is 0 Å². The van der Waals surface area contributed by atoms with E-state index in [0.717, 1.165) is 0 Å². The first kappa shape index (κ1) is 10.4. The maximum absolute atomic E-state index is 10.4. The van der Waals surface area contributed by atoms with E-state index in [-0.39, 0.29) is 11.5 Å². The highest BCUT2D eigenvalue weighted by molar-refractivity contribution is 5.16. The molecule has 2 fully saturated rings. The number of hydrogen-bond donors (Lipinski definition) is 1. The summed E-state index contributed by atoms with van der Waals surface area (Å²) in [7, 11) is 4.18. The van der Waals surface area contributed by atoms with Gasteiger partial charge >= 0.3 is 0 Å². The summed E-state index contributed by atoms with van der Waals surface area (Å²) in [5, 5.41) is 10.4. The van der Waals surface area contributed by atoms with Crippen molar-refractivity contribution in [3.8, 4) is 0 Å². The molecule has 4 atom stereocenters. The van der Waals surface area contributed by atoms with Crippen molar-refractivity contribution in [2.45, 2.75) is 45.8 Å². The van der Waals surface area contributed by atoms with E-state index >= 15 is 0 Å². The van der Waals surface area contributed by atoms with Crippen LogP contribution in [0.5, 0.6) is 0 Å². The predicted molar refractivity (Wildman–Crippen MR) is 58.1 cm³/mol. The lowest BCUT2D eigenvalue weighted by molar-refractivity contribution is -0.0195. The standard InChI is InChI=1S/C12H23NO/c1-11(2)8-6-7-12(11,3)10(14)9(8)13(4)5/h8-10,14H,6-7H2,1-5H3/t8?,9-,10-,12?/m0/s1. The summed E-state index contributed by atoms with van der Waals surface area (Å²) in [5.41, 5.74) is 0.425. The molecule has 1 N–H and O–H groups in total. The fourth-order valence-electron chi connectivity index (χ4n) is 3.93. The van der Waals surface area contributed by atoms with Gasteiger partial charge in [0, 0.05) is 11.5 Å². The topological polar surface area (TPSA) is 23.5 Å². The predicted octanol–water partition coefficient (Wildman–Crippen LogP) is 1.73. The third kappa shape index (κ3) is 0.938. The van der Waals surface area contributed by atoms with Gasteiger partial charge in [0.05, 0.1) is 6.10 Å². The van der Waals surface area contributed by atoms with Gasteiger partial charge in [0.1, 0.15) is 0 Å². The lowest BCUT2D eigenvalue weighted by Gasteiger charge is -2.38. The van der Waals surface area contributed by atoms with Crippen molar-refractivity contribution in [2.75, 3.05) is 14.1 Å². The van der Waals surface area contributed by atoms with Gasteiger partial charge < -0.3 is 10.0 Å². The third-order valence-corrected chi connectivity index (χ3v) is 5.36. The summed E-state index contributed by atoms with van der Waals surface area (Å²) in [6, 6.07) is 0.365. The van der Waals surface area contributed by atoms with E-state index in [1.807, 2.05) is 0 Å². The first-order chi connectivity index (χ1) is 6.32. The maximum Gasteiger partial charge on any atom is 0.0756 e. The van der Waals surface area contributed by atoms with Crippen molar-refractivity contribution in [1.29, 1.82) is 0 Å². The highest BCUT2D eigenvalue weighted by Crippen LogP contribution is 2.66. The second-order valence-electron chi connectivity index (χ2n) is 6.18. The molecule has 0 aromatic rings. The van der Waals surface area contributed by atoms with Crippen molar-refractivity contribution in [1.82, 2.24) is 4.90 Å². The summed E-state index contributed by atoms with van der Waals surface area (Å²) < 4.78 is 0. The number of rotatable bonds is 1. The number of likely N-dealkylation sites (N-methyl/N-ethyl adjacent to an activating group) is 1. The minimum Gasteiger partial charge on any atom is -0.391 e. The molecule has 0 radical (unpaired) electrons. The number of nitrogens with zero attached hydrogens (tertiary/aromatic N) is 1. The van der Waals surface area contributed by atoms with Crippen molar-refractivity contribution >= 4 is 0 Å². The first-order valence-corrected chi connectivity index (χ1v) is 5.67. The van der Waals surface area contributed by atoms with Gasteiger partial charge in [-0.3, -0.25) is 0 Å². The summed E-state index contributed by atoms with van der Waals surface area (Å²) >= 11 is 0. The molecule has 2 aliphatic carbocycles. The largest absolute Gasteiger partial charge is 0.391 e. The fourth-order valence-corrected chi connectivity index (χ4v) is 3.93. The molecule has 14 heavy (non-hydrogen) atoms. The molecule has 0 aromatic carbocycles. The van der Waals surface area contributed by atoms with Gasteiger partial charge in [-0.2, -0.15) is 0 Å². The Labute approximate surface area is 87.3 Å². The molecule has 0 aliphatic heterocycles. The Morgan fingerprint density at radius 2 is 1.79 bits per heavy atom. The van der Waals surface area contributed by atoms with E-state index < -0.39 is 0 Å². The van der Waals surface area contributed by atoms with Crippen LogP contribution in [0.25, 0.3) is 0 Å². The maximum atomic E-state index is 10.4. The quantitative estimate of drug-likeness (QED) is 0.692. The van der Waals surface area contributed by atoms with E-state index in [1.54, 1.807) is 0 Å². The number of aliphatic hydroxyl groups excluding tert-OH is 1. The molecule has 0 heterocycles. The van der Waals surface area contributed by atoms with Crippen LogP contribution in [-0.4, -0.2) is 36.2 Å². The van der Waals surface area contributed by atoms with Crippen LogP contribution >= 0.6 is 0 Å². The molecule has 2 rings (SSSR count). The van der Waals surface area contributed by atoms with E-state index in [2.05, 4.69) is 39.8 Å². The number of fused-ring (bicyclic) bond motifs is 2. The van der Waals surface area contributed by atoms with Gasteiger partial charge in [-0.05, 0) is 38.3 Å².